The summed E-state index contributed by atoms with van der Waals surface area (Å²) < 4.78 is 54.9. The number of rotatable bonds is 7. The molecule has 0 saturated carbocycles. The van der Waals surface area contributed by atoms with Crippen molar-refractivity contribution in [2.24, 2.45) is 0 Å². The van der Waals surface area contributed by atoms with Crippen LogP contribution >= 0.6 is 11.6 Å². The molecule has 0 bridgehead atoms. The van der Waals surface area contributed by atoms with Crippen molar-refractivity contribution in [3.8, 4) is 0 Å². The average Bonchev–Trinajstić information content (AvgIpc) is 2.71. The van der Waals surface area contributed by atoms with Crippen LogP contribution in [0.2, 0.25) is 5.02 Å². The molecule has 0 aromatic heterocycles. The van der Waals surface area contributed by atoms with Crippen LogP contribution in [-0.4, -0.2) is 25.2 Å². The highest BCUT2D eigenvalue weighted by atomic mass is 35.5. The lowest BCUT2D eigenvalue weighted by Gasteiger charge is -2.22. The third-order valence-electron chi connectivity index (χ3n) is 4.18. The zero-order chi connectivity index (χ0) is 21.7. The second-order valence-corrected chi connectivity index (χ2v) is 8.74. The van der Waals surface area contributed by atoms with Crippen LogP contribution in [0.3, 0.4) is 0 Å². The summed E-state index contributed by atoms with van der Waals surface area (Å²) in [5.41, 5.74) is -0.00436. The Balaban J connectivity index is 1.90. The van der Waals surface area contributed by atoms with Gasteiger partial charge in [0.1, 0.15) is 17.3 Å². The number of carbonyl (C=O) groups excluding carboxylic acids is 1. The number of nitrogens with zero attached hydrogens (tertiary/aromatic N) is 1. The number of hydrogen-bond donors (Lipinski definition) is 1. The van der Waals surface area contributed by atoms with Gasteiger partial charge in [-0.05, 0) is 35.9 Å². The van der Waals surface area contributed by atoms with Crippen molar-refractivity contribution in [3.63, 3.8) is 0 Å². The summed E-state index contributed by atoms with van der Waals surface area (Å²) >= 11 is 5.92. The fraction of sp³-hybridized carbons (Fsp3) is 0.0952. The van der Waals surface area contributed by atoms with Crippen LogP contribution in [0.25, 0.3) is 0 Å². The number of benzene rings is 3. The van der Waals surface area contributed by atoms with E-state index in [9.17, 15) is 22.0 Å². The summed E-state index contributed by atoms with van der Waals surface area (Å²) in [4.78, 5) is 12.4. The Kier molecular flexibility index (Phi) is 6.81. The van der Waals surface area contributed by atoms with Gasteiger partial charge in [0.05, 0.1) is 11.4 Å². The molecule has 0 unspecified atom stereocenters. The van der Waals surface area contributed by atoms with Crippen LogP contribution in [-0.2, 0) is 21.4 Å². The van der Waals surface area contributed by atoms with Crippen molar-refractivity contribution < 1.29 is 22.0 Å². The molecule has 1 amide bonds. The lowest BCUT2D eigenvalue weighted by atomic mass is 10.2. The summed E-state index contributed by atoms with van der Waals surface area (Å²) in [7, 11) is -4.13. The summed E-state index contributed by atoms with van der Waals surface area (Å²) in [6, 6.07) is 17.4. The molecule has 30 heavy (non-hydrogen) atoms. The van der Waals surface area contributed by atoms with E-state index in [-0.39, 0.29) is 16.5 Å². The fourth-order valence-corrected chi connectivity index (χ4v) is 4.43. The predicted molar refractivity (Wildman–Crippen MR) is 110 cm³/mol. The van der Waals surface area contributed by atoms with Crippen LogP contribution in [0, 0.1) is 11.6 Å². The molecule has 0 aliphatic carbocycles. The Labute approximate surface area is 178 Å². The van der Waals surface area contributed by atoms with Gasteiger partial charge >= 0.3 is 0 Å². The van der Waals surface area contributed by atoms with E-state index < -0.39 is 39.8 Å². The molecule has 0 aliphatic rings. The van der Waals surface area contributed by atoms with Gasteiger partial charge in [-0.25, -0.2) is 17.2 Å². The van der Waals surface area contributed by atoms with E-state index in [1.165, 1.54) is 24.3 Å². The van der Waals surface area contributed by atoms with E-state index in [1.807, 2.05) is 0 Å². The molecule has 3 aromatic rings. The van der Waals surface area contributed by atoms with E-state index in [0.29, 0.717) is 5.56 Å². The minimum absolute atomic E-state index is 0.101. The standard InChI is InChI=1S/C21H17ClF2N2O3S/c22-16-8-4-9-17(12-16)30(28,29)26(13-15-6-2-1-3-7-15)14-20(27)25-21-18(23)10-5-11-19(21)24/h1-12H,13-14H2,(H,25,27). The number of nitrogens with one attached hydrogen (secondary N) is 1. The molecular formula is C21H17ClF2N2O3S. The Morgan fingerprint density at radius 3 is 2.20 bits per heavy atom. The number of carbonyl (C=O) groups is 1. The molecule has 0 fully saturated rings. The monoisotopic (exact) mass is 450 g/mol. The van der Waals surface area contributed by atoms with Crippen molar-refractivity contribution in [1.29, 1.82) is 0 Å². The summed E-state index contributed by atoms with van der Waals surface area (Å²) in [6.45, 7) is -0.777. The number of amides is 1. The topological polar surface area (TPSA) is 66.5 Å². The minimum Gasteiger partial charge on any atom is -0.320 e. The number of anilines is 1. The quantitative estimate of drug-likeness (QED) is 0.578. The smallest absolute Gasteiger partial charge is 0.243 e. The molecule has 3 rings (SSSR count). The number of hydrogen-bond acceptors (Lipinski definition) is 3. The summed E-state index contributed by atoms with van der Waals surface area (Å²) in [5.74, 6) is -2.81. The van der Waals surface area contributed by atoms with Gasteiger partial charge in [0.15, 0.2) is 0 Å². The SMILES string of the molecule is O=C(CN(Cc1ccccc1)S(=O)(=O)c1cccc(Cl)c1)Nc1c(F)cccc1F. The molecule has 156 valence electrons. The van der Waals surface area contributed by atoms with Crippen LogP contribution < -0.4 is 5.32 Å². The first-order valence-electron chi connectivity index (χ1n) is 8.81. The van der Waals surface area contributed by atoms with E-state index in [4.69, 9.17) is 11.6 Å². The molecule has 5 nitrogen and oxygen atoms in total. The van der Waals surface area contributed by atoms with Gasteiger partial charge in [0.25, 0.3) is 0 Å². The Bertz CT molecular complexity index is 1140. The van der Waals surface area contributed by atoms with Gasteiger partial charge < -0.3 is 5.32 Å². The lowest BCUT2D eigenvalue weighted by molar-refractivity contribution is -0.116. The second kappa shape index (κ2) is 9.34. The van der Waals surface area contributed by atoms with Gasteiger partial charge in [0.2, 0.25) is 15.9 Å². The van der Waals surface area contributed by atoms with Crippen molar-refractivity contribution >= 4 is 33.2 Å². The van der Waals surface area contributed by atoms with Gasteiger partial charge in [-0.3, -0.25) is 4.79 Å². The lowest BCUT2D eigenvalue weighted by Crippen LogP contribution is -2.37. The first kappa shape index (κ1) is 21.9. The van der Waals surface area contributed by atoms with E-state index in [2.05, 4.69) is 5.32 Å². The second-order valence-electron chi connectivity index (χ2n) is 6.36. The van der Waals surface area contributed by atoms with Gasteiger partial charge in [-0.15, -0.1) is 0 Å². The molecule has 0 atom stereocenters. The van der Waals surface area contributed by atoms with Crippen LogP contribution in [0.4, 0.5) is 14.5 Å². The zero-order valence-corrected chi connectivity index (χ0v) is 17.1. The molecule has 0 spiro atoms. The van der Waals surface area contributed by atoms with Crippen molar-refractivity contribution in [3.05, 3.63) is 95.0 Å². The van der Waals surface area contributed by atoms with Crippen molar-refractivity contribution in [2.45, 2.75) is 11.4 Å². The molecule has 3 aromatic carbocycles. The molecule has 0 radical (unpaired) electrons. The number of para-hydroxylation sites is 1. The maximum atomic E-state index is 13.8. The van der Waals surface area contributed by atoms with Gasteiger partial charge in [0, 0.05) is 11.6 Å². The average molecular weight is 451 g/mol. The molecule has 0 aliphatic heterocycles. The van der Waals surface area contributed by atoms with Crippen LogP contribution in [0.15, 0.2) is 77.7 Å². The van der Waals surface area contributed by atoms with Crippen molar-refractivity contribution in [1.82, 2.24) is 4.31 Å². The molecular weight excluding hydrogens is 434 g/mol. The highest BCUT2D eigenvalue weighted by Gasteiger charge is 2.27. The van der Waals surface area contributed by atoms with Crippen LogP contribution in [0.1, 0.15) is 5.56 Å². The van der Waals surface area contributed by atoms with E-state index in [0.717, 1.165) is 22.5 Å². The fourth-order valence-electron chi connectivity index (χ4n) is 2.75. The largest absolute Gasteiger partial charge is 0.320 e. The number of halogens is 3. The summed E-state index contributed by atoms with van der Waals surface area (Å²) in [6.07, 6.45) is 0. The highest BCUT2D eigenvalue weighted by Crippen LogP contribution is 2.22. The zero-order valence-electron chi connectivity index (χ0n) is 15.6. The molecule has 1 N–H and O–H groups in total. The van der Waals surface area contributed by atoms with Crippen molar-refractivity contribution in [2.75, 3.05) is 11.9 Å². The van der Waals surface area contributed by atoms with Gasteiger partial charge in [-0.2, -0.15) is 4.31 Å². The van der Waals surface area contributed by atoms with E-state index >= 15 is 0 Å². The predicted octanol–water partition coefficient (Wildman–Crippen LogP) is 4.45. The first-order valence-corrected chi connectivity index (χ1v) is 10.6. The van der Waals surface area contributed by atoms with Gasteiger partial charge in [-0.1, -0.05) is 54.1 Å². The third-order valence-corrected chi connectivity index (χ3v) is 6.21. The highest BCUT2D eigenvalue weighted by molar-refractivity contribution is 7.89. The third kappa shape index (κ3) is 5.21. The Morgan fingerprint density at radius 2 is 1.57 bits per heavy atom. The molecule has 0 saturated heterocycles. The first-order chi connectivity index (χ1) is 14.3. The maximum absolute atomic E-state index is 13.8. The normalized spacial score (nSPS) is 11.5. The maximum Gasteiger partial charge on any atom is 0.243 e. The minimum atomic E-state index is -4.13. The Hall–Kier alpha value is -2.81. The number of sulfonamides is 1. The Morgan fingerprint density at radius 1 is 0.933 bits per heavy atom. The molecule has 0 heterocycles. The molecule has 9 heteroatoms. The summed E-state index contributed by atoms with van der Waals surface area (Å²) in [5, 5.41) is 2.32. The van der Waals surface area contributed by atoms with Crippen LogP contribution in [0.5, 0.6) is 0 Å². The van der Waals surface area contributed by atoms with E-state index in [1.54, 1.807) is 30.3 Å².